The molecule has 0 radical (unpaired) electrons. The smallest absolute Gasteiger partial charge is 0.280 e. The van der Waals surface area contributed by atoms with Gasteiger partial charge in [-0.25, -0.2) is 18.3 Å². The van der Waals surface area contributed by atoms with E-state index in [9.17, 15) is 13.6 Å². The number of hydrogen-bond donors (Lipinski definition) is 0. The number of alkyl halides is 2. The molecule has 8 heteroatoms. The summed E-state index contributed by atoms with van der Waals surface area (Å²) < 4.78 is 28.5. The van der Waals surface area contributed by atoms with Crippen LogP contribution in [0, 0.1) is 0 Å². The predicted octanol–water partition coefficient (Wildman–Crippen LogP) is 3.25. The molecule has 2 aliphatic heterocycles. The molecule has 4 heterocycles. The lowest BCUT2D eigenvalue weighted by molar-refractivity contribution is 0.0573. The van der Waals surface area contributed by atoms with Crippen LogP contribution in [0.15, 0.2) is 42.6 Å². The summed E-state index contributed by atoms with van der Waals surface area (Å²) in [6, 6.07) is 10.9. The van der Waals surface area contributed by atoms with Gasteiger partial charge in [0, 0.05) is 31.2 Å². The van der Waals surface area contributed by atoms with Gasteiger partial charge in [-0.3, -0.25) is 9.69 Å². The first kappa shape index (κ1) is 18.2. The second-order valence-corrected chi connectivity index (χ2v) is 7.61. The number of nitrogens with zero attached hydrogens (tertiary/aromatic N) is 5. The van der Waals surface area contributed by atoms with Gasteiger partial charge < -0.3 is 4.90 Å². The van der Waals surface area contributed by atoms with Gasteiger partial charge in [0.05, 0.1) is 11.9 Å². The molecule has 150 valence electrons. The molecule has 0 spiro atoms. The molecule has 0 aliphatic carbocycles. The van der Waals surface area contributed by atoms with Crippen molar-refractivity contribution in [3.05, 3.63) is 53.9 Å². The largest absolute Gasteiger partial charge is 0.336 e. The molecule has 5 rings (SSSR count). The minimum atomic E-state index is -2.73. The monoisotopic (exact) mass is 397 g/mol. The summed E-state index contributed by atoms with van der Waals surface area (Å²) >= 11 is 0. The zero-order valence-electron chi connectivity index (χ0n) is 15.8. The Morgan fingerprint density at radius 2 is 1.97 bits per heavy atom. The van der Waals surface area contributed by atoms with Crippen LogP contribution < -0.4 is 0 Å². The van der Waals surface area contributed by atoms with E-state index in [2.05, 4.69) is 15.0 Å². The van der Waals surface area contributed by atoms with Crippen molar-refractivity contribution in [1.29, 1.82) is 0 Å². The molecule has 1 aromatic carbocycles. The summed E-state index contributed by atoms with van der Waals surface area (Å²) in [5, 5.41) is 4.07. The van der Waals surface area contributed by atoms with Crippen LogP contribution in [0.5, 0.6) is 0 Å². The molecule has 0 saturated carbocycles. The van der Waals surface area contributed by atoms with Crippen LogP contribution in [0.1, 0.15) is 35.3 Å². The van der Waals surface area contributed by atoms with E-state index < -0.39 is 6.43 Å². The van der Waals surface area contributed by atoms with Crippen LogP contribution in [0.25, 0.3) is 16.9 Å². The quantitative estimate of drug-likeness (QED) is 0.681. The third-order valence-corrected chi connectivity index (χ3v) is 5.90. The number of piperazine rings is 1. The van der Waals surface area contributed by atoms with Crippen molar-refractivity contribution in [2.45, 2.75) is 25.3 Å². The number of rotatable bonds is 3. The van der Waals surface area contributed by atoms with Crippen molar-refractivity contribution in [3.8, 4) is 11.3 Å². The number of carbonyl (C=O) groups excluding carboxylic acids is 1. The predicted molar refractivity (Wildman–Crippen MR) is 104 cm³/mol. The van der Waals surface area contributed by atoms with Crippen molar-refractivity contribution < 1.29 is 13.6 Å². The zero-order valence-corrected chi connectivity index (χ0v) is 15.8. The summed E-state index contributed by atoms with van der Waals surface area (Å²) in [7, 11) is 0. The molecule has 1 atom stereocenters. The lowest BCUT2D eigenvalue weighted by atomic mass is 10.1. The summed E-state index contributed by atoms with van der Waals surface area (Å²) in [6.45, 7) is 3.23. The number of carbonyl (C=O) groups is 1. The molecule has 3 aromatic rings. The lowest BCUT2D eigenvalue weighted by Gasteiger charge is -2.37. The number of amides is 1. The maximum absolute atomic E-state index is 13.7. The maximum Gasteiger partial charge on any atom is 0.280 e. The van der Waals surface area contributed by atoms with Gasteiger partial charge >= 0.3 is 0 Å². The van der Waals surface area contributed by atoms with Crippen LogP contribution in [0.4, 0.5) is 8.78 Å². The van der Waals surface area contributed by atoms with Gasteiger partial charge in [0.25, 0.3) is 12.3 Å². The Balaban J connectivity index is 1.56. The second-order valence-electron chi connectivity index (χ2n) is 7.61. The van der Waals surface area contributed by atoms with Crippen LogP contribution in [-0.4, -0.2) is 62.5 Å². The van der Waals surface area contributed by atoms with Gasteiger partial charge in [-0.2, -0.15) is 5.10 Å². The first-order valence-electron chi connectivity index (χ1n) is 9.87. The van der Waals surface area contributed by atoms with Gasteiger partial charge in [-0.15, -0.1) is 0 Å². The minimum Gasteiger partial charge on any atom is -0.336 e. The average Bonchev–Trinajstić information content (AvgIpc) is 3.39. The van der Waals surface area contributed by atoms with Crippen molar-refractivity contribution in [3.63, 3.8) is 0 Å². The molecule has 1 amide bonds. The highest BCUT2D eigenvalue weighted by molar-refractivity contribution is 6.00. The van der Waals surface area contributed by atoms with Crippen LogP contribution in [-0.2, 0) is 0 Å². The topological polar surface area (TPSA) is 53.7 Å². The summed E-state index contributed by atoms with van der Waals surface area (Å²) in [5.74, 6) is -0.190. The summed E-state index contributed by atoms with van der Waals surface area (Å²) in [4.78, 5) is 22.0. The van der Waals surface area contributed by atoms with Crippen LogP contribution >= 0.6 is 0 Å². The Morgan fingerprint density at radius 1 is 1.14 bits per heavy atom. The molecular formula is C21H21F2N5O. The molecule has 6 nitrogen and oxygen atoms in total. The standard InChI is InChI=1S/C21H21F2N5O/c22-19(23)18-11-17(14-5-2-1-3-6-14)25-20-16(12-24-28(18)20)21(29)27-10-9-26-8-4-7-15(26)13-27/h1-3,5-6,11-12,15,19H,4,7-10,13H2/t15-/m0/s1. The molecule has 2 aliphatic rings. The fraction of sp³-hybridized carbons (Fsp3) is 0.381. The van der Waals surface area contributed by atoms with Crippen molar-refractivity contribution in [2.24, 2.45) is 0 Å². The van der Waals surface area contributed by atoms with E-state index >= 15 is 0 Å². The Kier molecular flexibility index (Phi) is 4.50. The van der Waals surface area contributed by atoms with Gasteiger partial charge in [0.1, 0.15) is 11.3 Å². The molecule has 29 heavy (non-hydrogen) atoms. The van der Waals surface area contributed by atoms with E-state index in [4.69, 9.17) is 0 Å². The SMILES string of the molecule is O=C(c1cnn2c(C(F)F)cc(-c3ccccc3)nc12)N1CCN2CCC[C@H]2C1. The normalized spacial score (nSPS) is 19.8. The van der Waals surface area contributed by atoms with Crippen molar-refractivity contribution in [2.75, 3.05) is 26.2 Å². The van der Waals surface area contributed by atoms with E-state index in [1.54, 1.807) is 0 Å². The highest BCUT2D eigenvalue weighted by Gasteiger charge is 2.34. The van der Waals surface area contributed by atoms with Gasteiger partial charge in [0.15, 0.2) is 5.65 Å². The Labute approximate surface area is 166 Å². The molecular weight excluding hydrogens is 376 g/mol. The number of fused-ring (bicyclic) bond motifs is 2. The number of benzene rings is 1. The van der Waals surface area contributed by atoms with Gasteiger partial charge in [-0.05, 0) is 25.5 Å². The summed E-state index contributed by atoms with van der Waals surface area (Å²) in [6.07, 6.45) is 0.882. The van der Waals surface area contributed by atoms with Gasteiger partial charge in [0.2, 0.25) is 0 Å². The van der Waals surface area contributed by atoms with E-state index in [1.165, 1.54) is 12.3 Å². The molecule has 0 unspecified atom stereocenters. The van der Waals surface area contributed by atoms with E-state index in [-0.39, 0.29) is 22.8 Å². The Bertz CT molecular complexity index is 1050. The fourth-order valence-electron chi connectivity index (χ4n) is 4.40. The Hall–Kier alpha value is -2.87. The molecule has 2 saturated heterocycles. The average molecular weight is 397 g/mol. The van der Waals surface area contributed by atoms with E-state index in [1.807, 2.05) is 35.2 Å². The first-order chi connectivity index (χ1) is 14.1. The Morgan fingerprint density at radius 3 is 2.76 bits per heavy atom. The lowest BCUT2D eigenvalue weighted by Crippen LogP contribution is -2.52. The zero-order chi connectivity index (χ0) is 20.0. The van der Waals surface area contributed by atoms with Crippen LogP contribution in [0.2, 0.25) is 0 Å². The molecule has 0 N–H and O–H groups in total. The first-order valence-corrected chi connectivity index (χ1v) is 9.87. The highest BCUT2D eigenvalue weighted by Crippen LogP contribution is 2.28. The maximum atomic E-state index is 13.7. The minimum absolute atomic E-state index is 0.181. The summed E-state index contributed by atoms with van der Waals surface area (Å²) in [5.41, 5.74) is 1.31. The number of aromatic nitrogens is 3. The third-order valence-electron chi connectivity index (χ3n) is 5.90. The van der Waals surface area contributed by atoms with Crippen LogP contribution in [0.3, 0.4) is 0 Å². The van der Waals surface area contributed by atoms with E-state index in [0.717, 1.165) is 36.0 Å². The second kappa shape index (κ2) is 7.18. The fourth-order valence-corrected chi connectivity index (χ4v) is 4.40. The van der Waals surface area contributed by atoms with Gasteiger partial charge in [-0.1, -0.05) is 30.3 Å². The van der Waals surface area contributed by atoms with Crippen molar-refractivity contribution >= 4 is 11.6 Å². The van der Waals surface area contributed by atoms with E-state index in [0.29, 0.717) is 24.8 Å². The number of hydrogen-bond acceptors (Lipinski definition) is 4. The highest BCUT2D eigenvalue weighted by atomic mass is 19.3. The molecule has 0 bridgehead atoms. The van der Waals surface area contributed by atoms with Crippen molar-refractivity contribution in [1.82, 2.24) is 24.4 Å². The third kappa shape index (κ3) is 3.17. The molecule has 2 fully saturated rings. The molecule has 2 aromatic heterocycles. The number of halogens is 2.